The number of rotatable bonds is 2. The van der Waals surface area contributed by atoms with Crippen molar-refractivity contribution >= 4 is 0 Å². The zero-order valence-electron chi connectivity index (χ0n) is 7.95. The average molecular weight is 205 g/mol. The van der Waals surface area contributed by atoms with Crippen LogP contribution in [0.2, 0.25) is 0 Å². The summed E-state index contributed by atoms with van der Waals surface area (Å²) >= 11 is 0. The van der Waals surface area contributed by atoms with Crippen LogP contribution in [-0.4, -0.2) is 4.98 Å². The van der Waals surface area contributed by atoms with E-state index in [9.17, 15) is 8.78 Å². The van der Waals surface area contributed by atoms with E-state index in [1.54, 1.807) is 18.5 Å². The van der Waals surface area contributed by atoms with Gasteiger partial charge in [0.25, 0.3) is 0 Å². The smallest absolute Gasteiger partial charge is 0.159 e. The second-order valence-corrected chi connectivity index (χ2v) is 3.29. The Kier molecular flexibility index (Phi) is 2.72. The molecular weight excluding hydrogens is 196 g/mol. The highest BCUT2D eigenvalue weighted by Gasteiger charge is 2.02. The van der Waals surface area contributed by atoms with Gasteiger partial charge in [-0.1, -0.05) is 12.1 Å². The molecule has 0 bridgehead atoms. The van der Waals surface area contributed by atoms with Crippen molar-refractivity contribution < 1.29 is 8.78 Å². The molecule has 0 atom stereocenters. The normalized spacial score (nSPS) is 10.3. The SMILES string of the molecule is Fc1ccc(Cc2cccnc2)cc1F. The van der Waals surface area contributed by atoms with E-state index in [4.69, 9.17) is 0 Å². The Morgan fingerprint density at radius 3 is 2.53 bits per heavy atom. The second-order valence-electron chi connectivity index (χ2n) is 3.29. The molecule has 0 aliphatic rings. The maximum Gasteiger partial charge on any atom is 0.159 e. The lowest BCUT2D eigenvalue weighted by atomic mass is 10.1. The first-order valence-corrected chi connectivity index (χ1v) is 4.58. The van der Waals surface area contributed by atoms with Gasteiger partial charge < -0.3 is 0 Å². The van der Waals surface area contributed by atoms with Gasteiger partial charge in [-0.05, 0) is 35.7 Å². The fourth-order valence-corrected chi connectivity index (χ4v) is 1.39. The van der Waals surface area contributed by atoms with E-state index in [2.05, 4.69) is 4.98 Å². The van der Waals surface area contributed by atoms with Gasteiger partial charge in [-0.15, -0.1) is 0 Å². The van der Waals surface area contributed by atoms with Crippen LogP contribution in [0.1, 0.15) is 11.1 Å². The first-order valence-electron chi connectivity index (χ1n) is 4.58. The molecule has 2 rings (SSSR count). The minimum absolute atomic E-state index is 0.561. The van der Waals surface area contributed by atoms with Crippen LogP contribution in [0.3, 0.4) is 0 Å². The largest absolute Gasteiger partial charge is 0.264 e. The van der Waals surface area contributed by atoms with Gasteiger partial charge in [0.15, 0.2) is 11.6 Å². The Labute approximate surface area is 86.4 Å². The lowest BCUT2D eigenvalue weighted by molar-refractivity contribution is 0.507. The van der Waals surface area contributed by atoms with Gasteiger partial charge in [0.05, 0.1) is 0 Å². The maximum atomic E-state index is 12.9. The van der Waals surface area contributed by atoms with Gasteiger partial charge in [0, 0.05) is 12.4 Å². The molecule has 1 aromatic heterocycles. The predicted octanol–water partition coefficient (Wildman–Crippen LogP) is 2.95. The lowest BCUT2D eigenvalue weighted by Crippen LogP contribution is -1.91. The van der Waals surface area contributed by atoms with Crippen LogP contribution in [0.25, 0.3) is 0 Å². The van der Waals surface area contributed by atoms with Crippen molar-refractivity contribution in [3.63, 3.8) is 0 Å². The van der Waals surface area contributed by atoms with Crippen LogP contribution in [0, 0.1) is 11.6 Å². The minimum atomic E-state index is -0.815. The second kappa shape index (κ2) is 4.17. The van der Waals surface area contributed by atoms with E-state index in [0.717, 1.165) is 17.2 Å². The fraction of sp³-hybridized carbons (Fsp3) is 0.0833. The zero-order valence-corrected chi connectivity index (χ0v) is 7.95. The number of hydrogen-bond donors (Lipinski definition) is 0. The van der Waals surface area contributed by atoms with Crippen molar-refractivity contribution in [2.45, 2.75) is 6.42 Å². The molecule has 0 unspecified atom stereocenters. The van der Waals surface area contributed by atoms with Gasteiger partial charge >= 0.3 is 0 Å². The maximum absolute atomic E-state index is 12.9. The number of nitrogens with zero attached hydrogens (tertiary/aromatic N) is 1. The van der Waals surface area contributed by atoms with Crippen molar-refractivity contribution in [2.75, 3.05) is 0 Å². The Hall–Kier alpha value is -1.77. The summed E-state index contributed by atoms with van der Waals surface area (Å²) in [6.07, 6.45) is 3.95. The molecule has 0 saturated heterocycles. The van der Waals surface area contributed by atoms with E-state index >= 15 is 0 Å². The molecule has 0 radical (unpaired) electrons. The molecule has 0 N–H and O–H groups in total. The van der Waals surface area contributed by atoms with E-state index in [0.29, 0.717) is 6.42 Å². The molecule has 0 fully saturated rings. The summed E-state index contributed by atoms with van der Waals surface area (Å²) < 4.78 is 25.5. The van der Waals surface area contributed by atoms with Crippen molar-refractivity contribution in [2.24, 2.45) is 0 Å². The summed E-state index contributed by atoms with van der Waals surface area (Å²) in [4.78, 5) is 3.95. The molecule has 0 amide bonds. The molecule has 0 aliphatic heterocycles. The predicted molar refractivity (Wildman–Crippen MR) is 53.4 cm³/mol. The molecule has 76 valence electrons. The summed E-state index contributed by atoms with van der Waals surface area (Å²) in [6, 6.07) is 7.64. The van der Waals surface area contributed by atoms with Crippen molar-refractivity contribution in [3.05, 3.63) is 65.5 Å². The summed E-state index contributed by atoms with van der Waals surface area (Å²) in [5.74, 6) is -1.62. The van der Waals surface area contributed by atoms with Crippen LogP contribution >= 0.6 is 0 Å². The molecule has 1 nitrogen and oxygen atoms in total. The van der Waals surface area contributed by atoms with Gasteiger partial charge in [0.1, 0.15) is 0 Å². The highest BCUT2D eigenvalue weighted by Crippen LogP contribution is 2.12. The third-order valence-electron chi connectivity index (χ3n) is 2.12. The Morgan fingerprint density at radius 2 is 1.87 bits per heavy atom. The molecule has 15 heavy (non-hydrogen) atoms. The molecule has 0 aliphatic carbocycles. The molecular formula is C12H9F2N. The summed E-state index contributed by atoms with van der Waals surface area (Å²) in [5, 5.41) is 0. The third-order valence-corrected chi connectivity index (χ3v) is 2.12. The van der Waals surface area contributed by atoms with Crippen LogP contribution in [0.15, 0.2) is 42.7 Å². The first-order chi connectivity index (χ1) is 7.25. The van der Waals surface area contributed by atoms with Gasteiger partial charge in [-0.25, -0.2) is 8.78 Å². The van der Waals surface area contributed by atoms with Gasteiger partial charge in [0.2, 0.25) is 0 Å². The lowest BCUT2D eigenvalue weighted by Gasteiger charge is -2.01. The topological polar surface area (TPSA) is 12.9 Å². The van der Waals surface area contributed by atoms with Crippen LogP contribution in [0.4, 0.5) is 8.78 Å². The molecule has 2 aromatic rings. The van der Waals surface area contributed by atoms with E-state index in [-0.39, 0.29) is 0 Å². The number of halogens is 2. The van der Waals surface area contributed by atoms with Crippen molar-refractivity contribution in [1.82, 2.24) is 4.98 Å². The summed E-state index contributed by atoms with van der Waals surface area (Å²) in [6.45, 7) is 0. The highest BCUT2D eigenvalue weighted by atomic mass is 19.2. The number of hydrogen-bond acceptors (Lipinski definition) is 1. The van der Waals surface area contributed by atoms with E-state index in [1.165, 1.54) is 6.07 Å². The summed E-state index contributed by atoms with van der Waals surface area (Å²) in [5.41, 5.74) is 1.71. The van der Waals surface area contributed by atoms with E-state index < -0.39 is 11.6 Å². The van der Waals surface area contributed by atoms with Crippen LogP contribution in [-0.2, 0) is 6.42 Å². The fourth-order valence-electron chi connectivity index (χ4n) is 1.39. The van der Waals surface area contributed by atoms with Crippen LogP contribution < -0.4 is 0 Å². The standard InChI is InChI=1S/C12H9F2N/c13-11-4-3-9(7-12(11)14)6-10-2-1-5-15-8-10/h1-5,7-8H,6H2. The molecule has 3 heteroatoms. The third kappa shape index (κ3) is 2.37. The highest BCUT2D eigenvalue weighted by molar-refractivity contribution is 5.24. The Balaban J connectivity index is 2.22. The zero-order chi connectivity index (χ0) is 10.7. The van der Waals surface area contributed by atoms with E-state index in [1.807, 2.05) is 12.1 Å². The van der Waals surface area contributed by atoms with Crippen molar-refractivity contribution in [1.29, 1.82) is 0 Å². The van der Waals surface area contributed by atoms with Gasteiger partial charge in [-0.3, -0.25) is 4.98 Å². The van der Waals surface area contributed by atoms with Crippen molar-refractivity contribution in [3.8, 4) is 0 Å². The molecule has 1 heterocycles. The minimum Gasteiger partial charge on any atom is -0.264 e. The van der Waals surface area contributed by atoms with Crippen LogP contribution in [0.5, 0.6) is 0 Å². The summed E-state index contributed by atoms with van der Waals surface area (Å²) in [7, 11) is 0. The Morgan fingerprint density at radius 1 is 1.00 bits per heavy atom. The number of pyridine rings is 1. The molecule has 1 aromatic carbocycles. The number of benzene rings is 1. The molecule has 0 spiro atoms. The monoisotopic (exact) mass is 205 g/mol. The molecule has 0 saturated carbocycles. The number of aromatic nitrogens is 1. The Bertz CT molecular complexity index is 454. The first kappa shape index (κ1) is 9.77. The quantitative estimate of drug-likeness (QED) is 0.734. The van der Waals surface area contributed by atoms with Gasteiger partial charge in [-0.2, -0.15) is 0 Å². The average Bonchev–Trinajstić information content (AvgIpc) is 2.25.